The number of benzene rings is 1. The second-order valence-electron chi connectivity index (χ2n) is 5.99. The van der Waals surface area contributed by atoms with E-state index in [0.717, 1.165) is 18.6 Å². The van der Waals surface area contributed by atoms with E-state index in [1.807, 2.05) is 19.1 Å². The van der Waals surface area contributed by atoms with E-state index >= 15 is 0 Å². The molecule has 1 aliphatic carbocycles. The molecule has 3 atom stereocenters. The van der Waals surface area contributed by atoms with E-state index in [4.69, 9.17) is 4.74 Å². The molecule has 1 aromatic carbocycles. The van der Waals surface area contributed by atoms with Crippen LogP contribution in [0.5, 0.6) is 0 Å². The van der Waals surface area contributed by atoms with Crippen LogP contribution in [0, 0.1) is 11.2 Å². The Morgan fingerprint density at radius 1 is 1.37 bits per heavy atom. The van der Waals surface area contributed by atoms with Crippen molar-refractivity contribution in [1.82, 2.24) is 5.32 Å². The monoisotopic (exact) mass is 265 g/mol. The maximum atomic E-state index is 12.9. The molecule has 0 bridgehead atoms. The molecule has 1 aromatic rings. The third kappa shape index (κ3) is 2.98. The van der Waals surface area contributed by atoms with Gasteiger partial charge in [-0.25, -0.2) is 4.39 Å². The standard InChI is InChI=1S/C16H24FNO/c1-5-19-15-10-14(16(15,3)4)18-11(2)12-6-8-13(17)9-7-12/h6-9,11,14-15,18H,5,10H2,1-4H3/t11-,14?,15?/m1/s1. The molecule has 1 fully saturated rings. The van der Waals surface area contributed by atoms with Crippen molar-refractivity contribution in [1.29, 1.82) is 0 Å². The van der Waals surface area contributed by atoms with Crippen LogP contribution < -0.4 is 5.32 Å². The molecule has 0 spiro atoms. The van der Waals surface area contributed by atoms with Gasteiger partial charge in [0.05, 0.1) is 6.10 Å². The Balaban J connectivity index is 1.93. The van der Waals surface area contributed by atoms with Crippen molar-refractivity contribution in [3.63, 3.8) is 0 Å². The van der Waals surface area contributed by atoms with Crippen molar-refractivity contribution in [2.24, 2.45) is 5.41 Å². The van der Waals surface area contributed by atoms with Crippen LogP contribution in [0.3, 0.4) is 0 Å². The van der Waals surface area contributed by atoms with Crippen molar-refractivity contribution in [2.45, 2.75) is 52.3 Å². The fourth-order valence-corrected chi connectivity index (χ4v) is 2.80. The van der Waals surface area contributed by atoms with Gasteiger partial charge in [0.2, 0.25) is 0 Å². The highest BCUT2D eigenvalue weighted by atomic mass is 19.1. The zero-order valence-corrected chi connectivity index (χ0v) is 12.2. The first-order valence-electron chi connectivity index (χ1n) is 7.08. The maximum absolute atomic E-state index is 12.9. The Morgan fingerprint density at radius 3 is 2.53 bits per heavy atom. The van der Waals surface area contributed by atoms with Gasteiger partial charge in [0, 0.05) is 24.1 Å². The lowest BCUT2D eigenvalue weighted by atomic mass is 9.64. The van der Waals surface area contributed by atoms with Crippen LogP contribution in [0.2, 0.25) is 0 Å². The van der Waals surface area contributed by atoms with Crippen LogP contribution >= 0.6 is 0 Å². The molecule has 0 amide bonds. The molecule has 2 unspecified atom stereocenters. The molecule has 0 heterocycles. The van der Waals surface area contributed by atoms with Crippen molar-refractivity contribution >= 4 is 0 Å². The first-order chi connectivity index (χ1) is 8.95. The van der Waals surface area contributed by atoms with Gasteiger partial charge in [-0.15, -0.1) is 0 Å². The van der Waals surface area contributed by atoms with E-state index in [2.05, 4.69) is 26.1 Å². The van der Waals surface area contributed by atoms with Gasteiger partial charge in [0.15, 0.2) is 0 Å². The fourth-order valence-electron chi connectivity index (χ4n) is 2.80. The summed E-state index contributed by atoms with van der Waals surface area (Å²) in [6, 6.07) is 7.40. The number of halogens is 1. The van der Waals surface area contributed by atoms with Crippen LogP contribution in [-0.2, 0) is 4.74 Å². The minimum Gasteiger partial charge on any atom is -0.378 e. The number of ether oxygens (including phenoxy) is 1. The predicted molar refractivity (Wildman–Crippen MR) is 75.6 cm³/mol. The molecular weight excluding hydrogens is 241 g/mol. The topological polar surface area (TPSA) is 21.3 Å². The second-order valence-corrected chi connectivity index (χ2v) is 5.99. The fraction of sp³-hybridized carbons (Fsp3) is 0.625. The van der Waals surface area contributed by atoms with Gasteiger partial charge in [-0.3, -0.25) is 0 Å². The van der Waals surface area contributed by atoms with E-state index in [9.17, 15) is 4.39 Å². The molecule has 0 radical (unpaired) electrons. The first kappa shape index (κ1) is 14.5. The average molecular weight is 265 g/mol. The van der Waals surface area contributed by atoms with E-state index in [1.165, 1.54) is 12.1 Å². The van der Waals surface area contributed by atoms with Gasteiger partial charge in [0.1, 0.15) is 5.82 Å². The molecule has 2 rings (SSSR count). The van der Waals surface area contributed by atoms with Gasteiger partial charge in [0.25, 0.3) is 0 Å². The summed E-state index contributed by atoms with van der Waals surface area (Å²) >= 11 is 0. The van der Waals surface area contributed by atoms with Crippen LogP contribution in [0.4, 0.5) is 4.39 Å². The zero-order chi connectivity index (χ0) is 14.0. The predicted octanol–water partition coefficient (Wildman–Crippen LogP) is 3.68. The minimum absolute atomic E-state index is 0.157. The van der Waals surface area contributed by atoms with E-state index in [1.54, 1.807) is 0 Å². The highest BCUT2D eigenvalue weighted by molar-refractivity contribution is 5.20. The van der Waals surface area contributed by atoms with Gasteiger partial charge < -0.3 is 10.1 Å². The first-order valence-corrected chi connectivity index (χ1v) is 7.08. The molecule has 1 N–H and O–H groups in total. The average Bonchev–Trinajstić information content (AvgIpc) is 2.38. The second kappa shape index (κ2) is 5.59. The minimum atomic E-state index is -0.184. The summed E-state index contributed by atoms with van der Waals surface area (Å²) in [4.78, 5) is 0. The van der Waals surface area contributed by atoms with Crippen LogP contribution in [0.25, 0.3) is 0 Å². The highest BCUT2D eigenvalue weighted by Crippen LogP contribution is 2.43. The number of nitrogens with one attached hydrogen (secondary N) is 1. The molecular formula is C16H24FNO. The summed E-state index contributed by atoms with van der Waals surface area (Å²) in [7, 11) is 0. The normalized spacial score (nSPS) is 26.8. The molecule has 1 saturated carbocycles. The third-order valence-electron chi connectivity index (χ3n) is 4.37. The van der Waals surface area contributed by atoms with Gasteiger partial charge in [-0.2, -0.15) is 0 Å². The highest BCUT2D eigenvalue weighted by Gasteiger charge is 2.48. The lowest BCUT2D eigenvalue weighted by Gasteiger charge is -2.52. The van der Waals surface area contributed by atoms with Crippen molar-refractivity contribution in [2.75, 3.05) is 6.61 Å². The summed E-state index contributed by atoms with van der Waals surface area (Å²) < 4.78 is 18.6. The number of hydrogen-bond acceptors (Lipinski definition) is 2. The summed E-state index contributed by atoms with van der Waals surface area (Å²) in [6.07, 6.45) is 1.39. The van der Waals surface area contributed by atoms with Crippen LogP contribution in [-0.4, -0.2) is 18.8 Å². The lowest BCUT2D eigenvalue weighted by Crippen LogP contribution is -2.61. The summed E-state index contributed by atoms with van der Waals surface area (Å²) in [5.74, 6) is -0.184. The zero-order valence-electron chi connectivity index (χ0n) is 12.2. The van der Waals surface area contributed by atoms with Gasteiger partial charge in [-0.1, -0.05) is 26.0 Å². The largest absolute Gasteiger partial charge is 0.378 e. The number of rotatable bonds is 5. The Morgan fingerprint density at radius 2 is 2.00 bits per heavy atom. The summed E-state index contributed by atoms with van der Waals surface area (Å²) in [6.45, 7) is 9.42. The summed E-state index contributed by atoms with van der Waals surface area (Å²) in [5, 5.41) is 3.63. The SMILES string of the molecule is CCOC1CC(N[C@H](C)c2ccc(F)cc2)C1(C)C. The molecule has 0 saturated heterocycles. The Bertz CT molecular complexity index is 415. The summed E-state index contributed by atoms with van der Waals surface area (Å²) in [5.41, 5.74) is 1.28. The van der Waals surface area contributed by atoms with Crippen molar-refractivity contribution in [3.8, 4) is 0 Å². The third-order valence-corrected chi connectivity index (χ3v) is 4.37. The molecule has 0 aromatic heterocycles. The van der Waals surface area contributed by atoms with Gasteiger partial charge >= 0.3 is 0 Å². The van der Waals surface area contributed by atoms with E-state index < -0.39 is 0 Å². The molecule has 1 aliphatic rings. The molecule has 0 aliphatic heterocycles. The molecule has 2 nitrogen and oxygen atoms in total. The quantitative estimate of drug-likeness (QED) is 0.877. The Hall–Kier alpha value is -0.930. The number of hydrogen-bond donors (Lipinski definition) is 1. The van der Waals surface area contributed by atoms with Crippen LogP contribution in [0.15, 0.2) is 24.3 Å². The van der Waals surface area contributed by atoms with Crippen LogP contribution in [0.1, 0.15) is 45.7 Å². The van der Waals surface area contributed by atoms with Gasteiger partial charge in [-0.05, 0) is 38.0 Å². The lowest BCUT2D eigenvalue weighted by molar-refractivity contribution is -0.116. The van der Waals surface area contributed by atoms with Crippen molar-refractivity contribution in [3.05, 3.63) is 35.6 Å². The molecule has 19 heavy (non-hydrogen) atoms. The Labute approximate surface area is 115 Å². The molecule has 106 valence electrons. The van der Waals surface area contributed by atoms with E-state index in [0.29, 0.717) is 12.1 Å². The maximum Gasteiger partial charge on any atom is 0.123 e. The Kier molecular flexibility index (Phi) is 4.26. The molecule has 3 heteroatoms. The van der Waals surface area contributed by atoms with Crippen molar-refractivity contribution < 1.29 is 9.13 Å². The van der Waals surface area contributed by atoms with E-state index in [-0.39, 0.29) is 17.3 Å². The smallest absolute Gasteiger partial charge is 0.123 e.